The van der Waals surface area contributed by atoms with Gasteiger partial charge in [-0.15, -0.1) is 22.0 Å². The second-order valence-corrected chi connectivity index (χ2v) is 4.22. The number of thioether (sulfide) groups is 1. The Hall–Kier alpha value is -1.63. The predicted octanol–water partition coefficient (Wildman–Crippen LogP) is 1.22. The van der Waals surface area contributed by atoms with Gasteiger partial charge >= 0.3 is 0 Å². The highest BCUT2D eigenvalue weighted by Gasteiger charge is 2.04. The van der Waals surface area contributed by atoms with Crippen LogP contribution >= 0.6 is 11.8 Å². The summed E-state index contributed by atoms with van der Waals surface area (Å²) in [5, 5.41) is 11.6. The molecule has 0 aliphatic carbocycles. The highest BCUT2D eigenvalue weighted by Crippen LogP contribution is 2.23. The summed E-state index contributed by atoms with van der Waals surface area (Å²) >= 11 is 1.44. The van der Waals surface area contributed by atoms with Crippen molar-refractivity contribution in [2.75, 3.05) is 5.73 Å². The summed E-state index contributed by atoms with van der Waals surface area (Å²) in [6.45, 7) is 0. The van der Waals surface area contributed by atoms with Gasteiger partial charge in [-0.25, -0.2) is 4.39 Å². The molecule has 5 nitrogen and oxygen atoms in total. The fourth-order valence-electron chi connectivity index (χ4n) is 1.13. The van der Waals surface area contributed by atoms with E-state index in [1.165, 1.54) is 22.6 Å². The molecule has 0 unspecified atom stereocenters. The molecule has 0 aliphatic rings. The van der Waals surface area contributed by atoms with Crippen LogP contribution in [-0.2, 0) is 12.8 Å². The van der Waals surface area contributed by atoms with Crippen molar-refractivity contribution < 1.29 is 4.39 Å². The van der Waals surface area contributed by atoms with E-state index in [2.05, 4.69) is 15.4 Å². The topological polar surface area (TPSA) is 69.6 Å². The van der Waals surface area contributed by atoms with Crippen molar-refractivity contribution in [2.45, 2.75) is 10.6 Å². The molecule has 0 saturated carbocycles. The van der Waals surface area contributed by atoms with E-state index in [-0.39, 0.29) is 5.69 Å². The fourth-order valence-corrected chi connectivity index (χ4v) is 1.89. The SMILES string of the molecule is Cn1nnc(CSc2ccc(N)c(F)c2)n1. The Bertz CT molecular complexity index is 498. The van der Waals surface area contributed by atoms with Crippen LogP contribution in [0.5, 0.6) is 0 Å². The summed E-state index contributed by atoms with van der Waals surface area (Å²) in [5.41, 5.74) is 5.53. The van der Waals surface area contributed by atoms with Gasteiger partial charge in [0.15, 0.2) is 5.82 Å². The average molecular weight is 239 g/mol. The minimum absolute atomic E-state index is 0.155. The number of benzene rings is 1. The number of aromatic nitrogens is 4. The lowest BCUT2D eigenvalue weighted by Gasteiger charge is -2.00. The summed E-state index contributed by atoms with van der Waals surface area (Å²) in [6, 6.07) is 4.71. The van der Waals surface area contributed by atoms with Gasteiger partial charge in [0, 0.05) is 4.90 Å². The van der Waals surface area contributed by atoms with Crippen LogP contribution in [0.1, 0.15) is 5.82 Å². The van der Waals surface area contributed by atoms with Crippen molar-refractivity contribution >= 4 is 17.4 Å². The normalized spacial score (nSPS) is 10.6. The molecule has 0 fully saturated rings. The van der Waals surface area contributed by atoms with Gasteiger partial charge in [-0.1, -0.05) is 0 Å². The number of hydrogen-bond acceptors (Lipinski definition) is 5. The van der Waals surface area contributed by atoms with Crippen molar-refractivity contribution in [1.82, 2.24) is 20.2 Å². The maximum atomic E-state index is 13.1. The molecule has 1 heterocycles. The van der Waals surface area contributed by atoms with Crippen molar-refractivity contribution in [2.24, 2.45) is 7.05 Å². The number of anilines is 1. The first kappa shape index (κ1) is 10.9. The average Bonchev–Trinajstić information content (AvgIpc) is 2.66. The molecule has 0 aliphatic heterocycles. The van der Waals surface area contributed by atoms with E-state index in [1.54, 1.807) is 19.2 Å². The summed E-state index contributed by atoms with van der Waals surface area (Å²) < 4.78 is 13.1. The lowest BCUT2D eigenvalue weighted by atomic mass is 10.3. The van der Waals surface area contributed by atoms with Gasteiger partial charge in [0.25, 0.3) is 0 Å². The summed E-state index contributed by atoms with van der Waals surface area (Å²) in [7, 11) is 1.70. The smallest absolute Gasteiger partial charge is 0.184 e. The quantitative estimate of drug-likeness (QED) is 0.644. The molecule has 0 radical (unpaired) electrons. The Kier molecular flexibility index (Phi) is 3.04. The molecule has 0 bridgehead atoms. The van der Waals surface area contributed by atoms with Gasteiger partial charge in [-0.05, 0) is 23.4 Å². The number of tetrazole rings is 1. The number of nitrogens with zero attached hydrogens (tertiary/aromatic N) is 4. The van der Waals surface area contributed by atoms with E-state index in [9.17, 15) is 4.39 Å². The highest BCUT2D eigenvalue weighted by atomic mass is 32.2. The summed E-state index contributed by atoms with van der Waals surface area (Å²) in [6.07, 6.45) is 0. The van der Waals surface area contributed by atoms with Crippen LogP contribution in [-0.4, -0.2) is 20.2 Å². The minimum Gasteiger partial charge on any atom is -0.396 e. The van der Waals surface area contributed by atoms with E-state index in [1.807, 2.05) is 0 Å². The van der Waals surface area contributed by atoms with E-state index in [0.717, 1.165) is 4.90 Å². The van der Waals surface area contributed by atoms with Crippen LogP contribution in [0.25, 0.3) is 0 Å². The zero-order chi connectivity index (χ0) is 11.5. The molecule has 1 aromatic heterocycles. The van der Waals surface area contributed by atoms with E-state index < -0.39 is 5.82 Å². The molecule has 2 aromatic rings. The lowest BCUT2D eigenvalue weighted by molar-refractivity contribution is 0.628. The van der Waals surface area contributed by atoms with Crippen molar-refractivity contribution in [1.29, 1.82) is 0 Å². The maximum Gasteiger partial charge on any atom is 0.184 e. The van der Waals surface area contributed by atoms with Gasteiger partial charge in [-0.2, -0.15) is 4.80 Å². The third-order valence-electron chi connectivity index (χ3n) is 1.89. The zero-order valence-corrected chi connectivity index (χ0v) is 9.41. The maximum absolute atomic E-state index is 13.1. The Morgan fingerprint density at radius 3 is 2.94 bits per heavy atom. The molecule has 7 heteroatoms. The van der Waals surface area contributed by atoms with Crippen LogP contribution in [0.3, 0.4) is 0 Å². The van der Waals surface area contributed by atoms with Crippen LogP contribution in [0.15, 0.2) is 23.1 Å². The first-order valence-electron chi connectivity index (χ1n) is 4.56. The molecule has 0 saturated heterocycles. The van der Waals surface area contributed by atoms with Crippen LogP contribution in [0.4, 0.5) is 10.1 Å². The number of nitrogen functional groups attached to an aromatic ring is 1. The van der Waals surface area contributed by atoms with Crippen molar-refractivity contribution in [3.63, 3.8) is 0 Å². The first-order chi connectivity index (χ1) is 7.65. The van der Waals surface area contributed by atoms with Gasteiger partial charge in [0.1, 0.15) is 5.82 Å². The van der Waals surface area contributed by atoms with Crippen molar-refractivity contribution in [3.05, 3.63) is 29.8 Å². The lowest BCUT2D eigenvalue weighted by Crippen LogP contribution is -1.93. The van der Waals surface area contributed by atoms with Gasteiger partial charge in [0.05, 0.1) is 18.5 Å². The molecule has 2 rings (SSSR count). The number of nitrogens with two attached hydrogens (primary N) is 1. The molecule has 0 spiro atoms. The highest BCUT2D eigenvalue weighted by molar-refractivity contribution is 7.98. The number of aryl methyl sites for hydroxylation is 1. The number of rotatable bonds is 3. The fraction of sp³-hybridized carbons (Fsp3) is 0.222. The molecule has 16 heavy (non-hydrogen) atoms. The molecule has 0 atom stereocenters. The monoisotopic (exact) mass is 239 g/mol. The zero-order valence-electron chi connectivity index (χ0n) is 8.59. The van der Waals surface area contributed by atoms with E-state index in [4.69, 9.17) is 5.73 Å². The first-order valence-corrected chi connectivity index (χ1v) is 5.54. The van der Waals surface area contributed by atoms with Gasteiger partial charge in [0.2, 0.25) is 0 Å². The van der Waals surface area contributed by atoms with Gasteiger partial charge < -0.3 is 5.73 Å². The second-order valence-electron chi connectivity index (χ2n) is 3.17. The summed E-state index contributed by atoms with van der Waals surface area (Å²) in [4.78, 5) is 2.18. The second kappa shape index (κ2) is 4.48. The molecule has 84 valence electrons. The third kappa shape index (κ3) is 2.48. The number of halogens is 1. The van der Waals surface area contributed by atoms with Crippen LogP contribution in [0.2, 0.25) is 0 Å². The largest absolute Gasteiger partial charge is 0.396 e. The number of hydrogen-bond donors (Lipinski definition) is 1. The van der Waals surface area contributed by atoms with Crippen LogP contribution < -0.4 is 5.73 Å². The van der Waals surface area contributed by atoms with Crippen molar-refractivity contribution in [3.8, 4) is 0 Å². The standard InChI is InChI=1S/C9H10FN5S/c1-15-13-9(12-14-15)5-16-6-2-3-8(11)7(10)4-6/h2-4H,5,11H2,1H3. The minimum atomic E-state index is -0.405. The van der Waals surface area contributed by atoms with E-state index in [0.29, 0.717) is 11.6 Å². The Labute approximate surface area is 95.8 Å². The Balaban J connectivity index is 2.02. The Morgan fingerprint density at radius 2 is 2.31 bits per heavy atom. The molecule has 2 N–H and O–H groups in total. The van der Waals surface area contributed by atoms with E-state index >= 15 is 0 Å². The third-order valence-corrected chi connectivity index (χ3v) is 2.88. The van der Waals surface area contributed by atoms with Gasteiger partial charge in [-0.3, -0.25) is 0 Å². The molecular weight excluding hydrogens is 229 g/mol. The predicted molar refractivity (Wildman–Crippen MR) is 59.2 cm³/mol. The van der Waals surface area contributed by atoms with Crippen LogP contribution in [0, 0.1) is 5.82 Å². The molecule has 1 aromatic carbocycles. The molecule has 0 amide bonds. The molecular formula is C9H10FN5S. The summed E-state index contributed by atoms with van der Waals surface area (Å²) in [5.74, 6) is 0.763. The Morgan fingerprint density at radius 1 is 1.50 bits per heavy atom.